The summed E-state index contributed by atoms with van der Waals surface area (Å²) in [5, 5.41) is 0. The van der Waals surface area contributed by atoms with E-state index in [0.29, 0.717) is 12.5 Å². The molecule has 2 aromatic rings. The van der Waals surface area contributed by atoms with Crippen LogP contribution in [0.25, 0.3) is 11.0 Å². The summed E-state index contributed by atoms with van der Waals surface area (Å²) in [7, 11) is 0. The van der Waals surface area contributed by atoms with Crippen molar-refractivity contribution in [2.45, 2.75) is 31.7 Å². The van der Waals surface area contributed by atoms with Crippen molar-refractivity contribution < 1.29 is 0 Å². The molecule has 1 saturated carbocycles. The number of imidazole rings is 1. The molecule has 0 bridgehead atoms. The van der Waals surface area contributed by atoms with Gasteiger partial charge in [-0.15, -0.1) is 0 Å². The van der Waals surface area contributed by atoms with E-state index in [-0.39, 0.29) is 0 Å². The summed E-state index contributed by atoms with van der Waals surface area (Å²) in [4.78, 5) is 8.08. The first-order valence-electron chi connectivity index (χ1n) is 5.56. The summed E-state index contributed by atoms with van der Waals surface area (Å²) in [5.74, 6) is 1.81. The number of nitrogens with two attached hydrogens (primary N) is 1. The second kappa shape index (κ2) is 3.35. The largest absolute Gasteiger partial charge is 0.342 e. The number of aromatic nitrogens is 2. The molecule has 0 radical (unpaired) electrons. The van der Waals surface area contributed by atoms with Crippen molar-refractivity contribution in [3.8, 4) is 0 Å². The highest BCUT2D eigenvalue weighted by Gasteiger charge is 2.22. The number of rotatable bonds is 2. The third kappa shape index (κ3) is 1.35. The summed E-state index contributed by atoms with van der Waals surface area (Å²) in [6.45, 7) is 0.562. The topological polar surface area (TPSA) is 54.7 Å². The maximum Gasteiger partial charge on any atom is 0.110 e. The summed E-state index contributed by atoms with van der Waals surface area (Å²) >= 11 is 0. The number of nitrogens with zero attached hydrogens (tertiary/aromatic N) is 1. The average Bonchev–Trinajstić information content (AvgIpc) is 2.57. The van der Waals surface area contributed by atoms with Gasteiger partial charge in [-0.05, 0) is 24.5 Å². The summed E-state index contributed by atoms with van der Waals surface area (Å²) in [6.07, 6.45) is 3.89. The van der Waals surface area contributed by atoms with Gasteiger partial charge in [0.25, 0.3) is 0 Å². The Hall–Kier alpha value is -1.35. The van der Waals surface area contributed by atoms with Crippen LogP contribution in [0.4, 0.5) is 0 Å². The fourth-order valence-electron chi connectivity index (χ4n) is 2.15. The lowest BCUT2D eigenvalue weighted by atomic mass is 9.85. The van der Waals surface area contributed by atoms with Gasteiger partial charge in [0.05, 0.1) is 11.0 Å². The Morgan fingerprint density at radius 2 is 2.27 bits per heavy atom. The van der Waals surface area contributed by atoms with Crippen LogP contribution in [-0.2, 0) is 6.54 Å². The monoisotopic (exact) mass is 201 g/mol. The van der Waals surface area contributed by atoms with Gasteiger partial charge in [0.2, 0.25) is 0 Å². The van der Waals surface area contributed by atoms with E-state index in [2.05, 4.69) is 16.0 Å². The summed E-state index contributed by atoms with van der Waals surface area (Å²) in [5.41, 5.74) is 9.01. The van der Waals surface area contributed by atoms with Crippen LogP contribution in [0, 0.1) is 0 Å². The number of para-hydroxylation sites is 1. The van der Waals surface area contributed by atoms with Crippen LogP contribution in [0.2, 0.25) is 0 Å². The molecule has 0 saturated heterocycles. The molecule has 3 rings (SSSR count). The molecular formula is C12H15N3. The molecule has 15 heavy (non-hydrogen) atoms. The van der Waals surface area contributed by atoms with Gasteiger partial charge in [0.1, 0.15) is 5.82 Å². The Balaban J connectivity index is 2.12. The highest BCUT2D eigenvalue weighted by molar-refractivity contribution is 5.78. The molecular weight excluding hydrogens is 186 g/mol. The Morgan fingerprint density at radius 1 is 1.40 bits per heavy atom. The van der Waals surface area contributed by atoms with E-state index >= 15 is 0 Å². The zero-order chi connectivity index (χ0) is 10.3. The van der Waals surface area contributed by atoms with Crippen molar-refractivity contribution in [1.82, 2.24) is 9.97 Å². The first kappa shape index (κ1) is 8.92. The molecule has 0 spiro atoms. The van der Waals surface area contributed by atoms with Crippen LogP contribution < -0.4 is 5.73 Å². The van der Waals surface area contributed by atoms with Crippen molar-refractivity contribution in [1.29, 1.82) is 0 Å². The van der Waals surface area contributed by atoms with Crippen molar-refractivity contribution in [3.63, 3.8) is 0 Å². The number of aromatic amines is 1. The second-order valence-corrected chi connectivity index (χ2v) is 4.27. The highest BCUT2D eigenvalue weighted by atomic mass is 14.9. The summed E-state index contributed by atoms with van der Waals surface area (Å²) in [6, 6.07) is 6.16. The standard InChI is InChI=1S/C12H15N3/c13-7-9-5-2-6-10-11(9)15-12(14-10)8-3-1-4-8/h2,5-6,8H,1,3-4,7,13H2,(H,14,15). The van der Waals surface area contributed by atoms with Crippen molar-refractivity contribution in [2.75, 3.05) is 0 Å². The average molecular weight is 201 g/mol. The van der Waals surface area contributed by atoms with E-state index in [1.54, 1.807) is 0 Å². The van der Waals surface area contributed by atoms with Crippen LogP contribution >= 0.6 is 0 Å². The zero-order valence-corrected chi connectivity index (χ0v) is 8.66. The van der Waals surface area contributed by atoms with Gasteiger partial charge in [-0.25, -0.2) is 4.98 Å². The minimum absolute atomic E-state index is 0.562. The predicted molar refractivity (Wildman–Crippen MR) is 60.6 cm³/mol. The maximum atomic E-state index is 5.69. The van der Waals surface area contributed by atoms with E-state index in [1.807, 2.05) is 12.1 Å². The minimum Gasteiger partial charge on any atom is -0.342 e. The lowest BCUT2D eigenvalue weighted by Gasteiger charge is -2.22. The molecule has 1 aliphatic carbocycles. The number of hydrogen-bond acceptors (Lipinski definition) is 2. The molecule has 0 atom stereocenters. The normalized spacial score (nSPS) is 16.9. The second-order valence-electron chi connectivity index (χ2n) is 4.27. The Kier molecular flexibility index (Phi) is 1.99. The predicted octanol–water partition coefficient (Wildman–Crippen LogP) is 2.29. The smallest absolute Gasteiger partial charge is 0.110 e. The van der Waals surface area contributed by atoms with Crippen LogP contribution in [-0.4, -0.2) is 9.97 Å². The Labute approximate surface area is 88.7 Å². The van der Waals surface area contributed by atoms with Crippen LogP contribution in [0.15, 0.2) is 18.2 Å². The lowest BCUT2D eigenvalue weighted by Crippen LogP contribution is -2.10. The van der Waals surface area contributed by atoms with E-state index in [0.717, 1.165) is 22.4 Å². The number of benzene rings is 1. The van der Waals surface area contributed by atoms with Gasteiger partial charge in [-0.3, -0.25) is 0 Å². The maximum absolute atomic E-state index is 5.69. The molecule has 1 aromatic heterocycles. The molecule has 1 aromatic carbocycles. The fraction of sp³-hybridized carbons (Fsp3) is 0.417. The third-order valence-electron chi connectivity index (χ3n) is 3.33. The van der Waals surface area contributed by atoms with Crippen molar-refractivity contribution >= 4 is 11.0 Å². The highest BCUT2D eigenvalue weighted by Crippen LogP contribution is 2.35. The van der Waals surface area contributed by atoms with E-state index < -0.39 is 0 Å². The SMILES string of the molecule is NCc1cccc2[nH]c(C3CCC3)nc12. The molecule has 1 heterocycles. The minimum atomic E-state index is 0.562. The molecule has 0 aliphatic heterocycles. The quantitative estimate of drug-likeness (QED) is 0.783. The van der Waals surface area contributed by atoms with E-state index in [1.165, 1.54) is 19.3 Å². The zero-order valence-electron chi connectivity index (χ0n) is 8.66. The number of H-pyrrole nitrogens is 1. The molecule has 1 fully saturated rings. The van der Waals surface area contributed by atoms with Crippen molar-refractivity contribution in [2.24, 2.45) is 5.73 Å². The molecule has 78 valence electrons. The van der Waals surface area contributed by atoms with Crippen LogP contribution in [0.1, 0.15) is 36.6 Å². The van der Waals surface area contributed by atoms with Gasteiger partial charge in [0, 0.05) is 12.5 Å². The molecule has 0 amide bonds. The number of hydrogen-bond donors (Lipinski definition) is 2. The first-order valence-corrected chi connectivity index (χ1v) is 5.56. The molecule has 3 heteroatoms. The van der Waals surface area contributed by atoms with E-state index in [4.69, 9.17) is 5.73 Å². The summed E-state index contributed by atoms with van der Waals surface area (Å²) < 4.78 is 0. The Bertz CT molecular complexity index is 483. The van der Waals surface area contributed by atoms with Gasteiger partial charge < -0.3 is 10.7 Å². The van der Waals surface area contributed by atoms with Crippen molar-refractivity contribution in [3.05, 3.63) is 29.6 Å². The molecule has 3 nitrogen and oxygen atoms in total. The van der Waals surface area contributed by atoms with Gasteiger partial charge in [-0.1, -0.05) is 18.6 Å². The number of nitrogens with one attached hydrogen (secondary N) is 1. The van der Waals surface area contributed by atoms with E-state index in [9.17, 15) is 0 Å². The first-order chi connectivity index (χ1) is 7.38. The molecule has 0 unspecified atom stereocenters. The third-order valence-corrected chi connectivity index (χ3v) is 3.33. The molecule has 1 aliphatic rings. The van der Waals surface area contributed by atoms with Gasteiger partial charge in [-0.2, -0.15) is 0 Å². The number of fused-ring (bicyclic) bond motifs is 1. The van der Waals surface area contributed by atoms with Gasteiger partial charge in [0.15, 0.2) is 0 Å². The molecule has 3 N–H and O–H groups in total. The van der Waals surface area contributed by atoms with Crippen LogP contribution in [0.3, 0.4) is 0 Å². The Morgan fingerprint density at radius 3 is 2.93 bits per heavy atom. The van der Waals surface area contributed by atoms with Gasteiger partial charge >= 0.3 is 0 Å². The fourth-order valence-corrected chi connectivity index (χ4v) is 2.15. The van der Waals surface area contributed by atoms with Crippen LogP contribution in [0.5, 0.6) is 0 Å². The lowest BCUT2D eigenvalue weighted by molar-refractivity contribution is 0.405.